The number of sulfonamides is 1. The standard InChI is InChI=1S/C21H27N3O6S2/c1-13-14(2)31-20(18(13)21(26)29-5)22-19(25)16-12-15(32(27,28)23(3)4)6-7-17(16)24-8-10-30-11-9-24/h6-7,12H,8-11H2,1-5H3,(H,22,25). The summed E-state index contributed by atoms with van der Waals surface area (Å²) in [6, 6.07) is 4.51. The van der Waals surface area contributed by atoms with Crippen LogP contribution >= 0.6 is 11.3 Å². The van der Waals surface area contributed by atoms with E-state index in [4.69, 9.17) is 9.47 Å². The van der Waals surface area contributed by atoms with Crippen LogP contribution in [0, 0.1) is 13.8 Å². The van der Waals surface area contributed by atoms with Crippen LogP contribution in [0.25, 0.3) is 0 Å². The van der Waals surface area contributed by atoms with Gasteiger partial charge < -0.3 is 19.7 Å². The van der Waals surface area contributed by atoms with Crippen molar-refractivity contribution in [3.05, 3.63) is 39.8 Å². The van der Waals surface area contributed by atoms with E-state index in [1.807, 2.05) is 11.8 Å². The Bertz CT molecular complexity index is 1130. The molecule has 1 aromatic heterocycles. The predicted molar refractivity (Wildman–Crippen MR) is 123 cm³/mol. The van der Waals surface area contributed by atoms with Crippen LogP contribution in [0.15, 0.2) is 23.1 Å². The molecule has 0 saturated carbocycles. The van der Waals surface area contributed by atoms with E-state index in [9.17, 15) is 18.0 Å². The van der Waals surface area contributed by atoms with E-state index in [2.05, 4.69) is 5.32 Å². The number of anilines is 2. The molecule has 3 rings (SSSR count). The average Bonchev–Trinajstić information content (AvgIpc) is 3.06. The maximum atomic E-state index is 13.4. The van der Waals surface area contributed by atoms with E-state index in [-0.39, 0.29) is 10.5 Å². The van der Waals surface area contributed by atoms with Crippen LogP contribution in [0.3, 0.4) is 0 Å². The zero-order chi connectivity index (χ0) is 23.6. The maximum Gasteiger partial charge on any atom is 0.341 e. The molecule has 0 atom stereocenters. The molecule has 0 aliphatic carbocycles. The van der Waals surface area contributed by atoms with E-state index in [1.165, 1.54) is 44.7 Å². The highest BCUT2D eigenvalue weighted by atomic mass is 32.2. The zero-order valence-electron chi connectivity index (χ0n) is 18.7. The number of nitrogens with one attached hydrogen (secondary N) is 1. The van der Waals surface area contributed by atoms with Crippen molar-refractivity contribution in [2.45, 2.75) is 18.7 Å². The normalized spacial score (nSPS) is 14.5. The Kier molecular flexibility index (Phi) is 7.23. The predicted octanol–water partition coefficient (Wildman–Crippen LogP) is 2.49. The van der Waals surface area contributed by atoms with Gasteiger partial charge in [-0.2, -0.15) is 0 Å². The summed E-state index contributed by atoms with van der Waals surface area (Å²) >= 11 is 1.27. The fraction of sp³-hybridized carbons (Fsp3) is 0.429. The minimum atomic E-state index is -3.74. The van der Waals surface area contributed by atoms with Crippen molar-refractivity contribution >= 4 is 43.9 Å². The molecular formula is C21H27N3O6S2. The lowest BCUT2D eigenvalue weighted by Gasteiger charge is -2.30. The summed E-state index contributed by atoms with van der Waals surface area (Å²) in [5, 5.41) is 3.17. The summed E-state index contributed by atoms with van der Waals surface area (Å²) in [6.45, 7) is 5.81. The van der Waals surface area contributed by atoms with Gasteiger partial charge in [-0.15, -0.1) is 11.3 Å². The topological polar surface area (TPSA) is 105 Å². The highest BCUT2D eigenvalue weighted by molar-refractivity contribution is 7.89. The molecule has 1 aromatic carbocycles. The molecule has 1 saturated heterocycles. The van der Waals surface area contributed by atoms with Gasteiger partial charge in [-0.25, -0.2) is 17.5 Å². The number of amides is 1. The van der Waals surface area contributed by atoms with Gasteiger partial charge in [-0.05, 0) is 37.6 Å². The summed E-state index contributed by atoms with van der Waals surface area (Å²) in [4.78, 5) is 28.5. The van der Waals surface area contributed by atoms with Crippen molar-refractivity contribution in [1.29, 1.82) is 0 Å². The molecule has 0 radical (unpaired) electrons. The fourth-order valence-corrected chi connectivity index (χ4v) is 5.35. The number of benzene rings is 1. The average molecular weight is 482 g/mol. The van der Waals surface area contributed by atoms with Gasteiger partial charge in [0.05, 0.1) is 36.3 Å². The Hall–Kier alpha value is -2.47. The van der Waals surface area contributed by atoms with Crippen molar-refractivity contribution in [3.63, 3.8) is 0 Å². The molecule has 0 bridgehead atoms. The molecule has 0 spiro atoms. The molecule has 1 amide bonds. The molecule has 2 heterocycles. The lowest BCUT2D eigenvalue weighted by molar-refractivity contribution is 0.0601. The number of ether oxygens (including phenoxy) is 2. The lowest BCUT2D eigenvalue weighted by Crippen LogP contribution is -2.37. The Morgan fingerprint density at radius 1 is 1.19 bits per heavy atom. The highest BCUT2D eigenvalue weighted by Crippen LogP contribution is 2.34. The first-order valence-corrected chi connectivity index (χ1v) is 12.2. The molecule has 1 aliphatic rings. The van der Waals surface area contributed by atoms with Crippen LogP contribution in [0.2, 0.25) is 0 Å². The molecule has 174 valence electrons. The van der Waals surface area contributed by atoms with Crippen molar-refractivity contribution in [3.8, 4) is 0 Å². The van der Waals surface area contributed by atoms with Crippen LogP contribution < -0.4 is 10.2 Å². The number of rotatable bonds is 6. The van der Waals surface area contributed by atoms with Crippen LogP contribution in [-0.2, 0) is 19.5 Å². The molecule has 1 N–H and O–H groups in total. The number of hydrogen-bond donors (Lipinski definition) is 1. The van der Waals surface area contributed by atoms with Gasteiger partial charge in [0, 0.05) is 37.7 Å². The molecule has 1 aliphatic heterocycles. The molecular weight excluding hydrogens is 454 g/mol. The van der Waals surface area contributed by atoms with Gasteiger partial charge in [0.1, 0.15) is 5.00 Å². The number of aryl methyl sites for hydroxylation is 1. The first-order chi connectivity index (χ1) is 15.1. The third-order valence-corrected chi connectivity index (χ3v) is 8.28. The minimum Gasteiger partial charge on any atom is -0.465 e. The van der Waals surface area contributed by atoms with Crippen molar-refractivity contribution < 1.29 is 27.5 Å². The van der Waals surface area contributed by atoms with Crippen molar-refractivity contribution in [2.75, 3.05) is 57.7 Å². The summed E-state index contributed by atoms with van der Waals surface area (Å²) in [5.74, 6) is -1.05. The quantitative estimate of drug-likeness (QED) is 0.632. The molecule has 2 aromatic rings. The van der Waals surface area contributed by atoms with Gasteiger partial charge in [0.15, 0.2) is 0 Å². The van der Waals surface area contributed by atoms with Crippen molar-refractivity contribution in [1.82, 2.24) is 4.31 Å². The van der Waals surface area contributed by atoms with E-state index in [1.54, 1.807) is 13.0 Å². The van der Waals surface area contributed by atoms with Crippen molar-refractivity contribution in [2.24, 2.45) is 0 Å². The van der Waals surface area contributed by atoms with Gasteiger partial charge in [0.2, 0.25) is 10.0 Å². The van der Waals surface area contributed by atoms with E-state index in [0.717, 1.165) is 14.7 Å². The molecule has 11 heteroatoms. The molecule has 32 heavy (non-hydrogen) atoms. The number of hydrogen-bond acceptors (Lipinski definition) is 8. The van der Waals surface area contributed by atoms with E-state index < -0.39 is 21.9 Å². The second-order valence-electron chi connectivity index (χ2n) is 7.50. The number of morpholine rings is 1. The highest BCUT2D eigenvalue weighted by Gasteiger charge is 2.27. The smallest absolute Gasteiger partial charge is 0.341 e. The Labute approximate surface area is 192 Å². The summed E-state index contributed by atoms with van der Waals surface area (Å²) in [6.07, 6.45) is 0. The van der Waals surface area contributed by atoms with E-state index in [0.29, 0.717) is 42.6 Å². The zero-order valence-corrected chi connectivity index (χ0v) is 20.4. The maximum absolute atomic E-state index is 13.4. The van der Waals surface area contributed by atoms with Crippen LogP contribution in [0.5, 0.6) is 0 Å². The van der Waals surface area contributed by atoms with Gasteiger partial charge in [0.25, 0.3) is 5.91 Å². The molecule has 1 fully saturated rings. The fourth-order valence-electron chi connectivity index (χ4n) is 3.38. The van der Waals surface area contributed by atoms with Crippen LogP contribution in [0.4, 0.5) is 10.7 Å². The van der Waals surface area contributed by atoms with Gasteiger partial charge >= 0.3 is 5.97 Å². The third kappa shape index (κ3) is 4.65. The third-order valence-electron chi connectivity index (χ3n) is 5.34. The number of methoxy groups -OCH3 is 1. The van der Waals surface area contributed by atoms with Gasteiger partial charge in [-0.1, -0.05) is 0 Å². The monoisotopic (exact) mass is 481 g/mol. The summed E-state index contributed by atoms with van der Waals surface area (Å²) in [7, 11) is 0.412. The largest absolute Gasteiger partial charge is 0.465 e. The number of esters is 1. The molecule has 9 nitrogen and oxygen atoms in total. The lowest BCUT2D eigenvalue weighted by atomic mass is 10.1. The van der Waals surface area contributed by atoms with E-state index >= 15 is 0 Å². The second kappa shape index (κ2) is 9.57. The summed E-state index contributed by atoms with van der Waals surface area (Å²) in [5.41, 5.74) is 1.84. The Morgan fingerprint density at radius 3 is 2.44 bits per heavy atom. The first kappa shape index (κ1) is 24.2. The van der Waals surface area contributed by atoms with Crippen LogP contribution in [-0.4, -0.2) is 72.1 Å². The minimum absolute atomic E-state index is 0.0105. The first-order valence-electron chi connectivity index (χ1n) is 9.96. The second-order valence-corrected chi connectivity index (χ2v) is 10.9. The Morgan fingerprint density at radius 2 is 1.84 bits per heavy atom. The van der Waals surface area contributed by atoms with Crippen LogP contribution in [0.1, 0.15) is 31.2 Å². The summed E-state index contributed by atoms with van der Waals surface area (Å²) < 4.78 is 36.7. The number of carbonyl (C=O) groups excluding carboxylic acids is 2. The number of carbonyl (C=O) groups is 2. The number of thiophene rings is 1. The molecule has 0 unspecified atom stereocenters. The Balaban J connectivity index is 2.07. The number of nitrogens with zero attached hydrogens (tertiary/aromatic N) is 2. The van der Waals surface area contributed by atoms with Gasteiger partial charge in [-0.3, -0.25) is 4.79 Å². The SMILES string of the molecule is COC(=O)c1c(NC(=O)c2cc(S(=O)(=O)N(C)C)ccc2N2CCOCC2)sc(C)c1C.